The molecule has 0 saturated heterocycles. The number of para-hydroxylation sites is 1. The van der Waals surface area contributed by atoms with Gasteiger partial charge in [-0.3, -0.25) is 0 Å². The van der Waals surface area contributed by atoms with Crippen LogP contribution in [0.2, 0.25) is 0 Å². The number of aromatic nitrogens is 1. The molecular formula is C50H34N2. The van der Waals surface area contributed by atoms with Gasteiger partial charge in [-0.15, -0.1) is 0 Å². The number of rotatable bonds is 6. The van der Waals surface area contributed by atoms with E-state index >= 15 is 0 Å². The number of nitrogens with zero attached hydrogens (tertiary/aromatic N) is 2. The van der Waals surface area contributed by atoms with Crippen LogP contribution in [0.5, 0.6) is 0 Å². The van der Waals surface area contributed by atoms with E-state index in [9.17, 15) is 0 Å². The minimum Gasteiger partial charge on any atom is -0.311 e. The monoisotopic (exact) mass is 662 g/mol. The molecule has 10 rings (SSSR count). The largest absolute Gasteiger partial charge is 0.311 e. The molecule has 1 heterocycles. The smallest absolute Gasteiger partial charge is 0.0547 e. The van der Waals surface area contributed by atoms with Gasteiger partial charge in [0.2, 0.25) is 0 Å². The predicted molar refractivity (Wildman–Crippen MR) is 221 cm³/mol. The lowest BCUT2D eigenvalue weighted by Gasteiger charge is -2.26. The number of hydrogen-bond donors (Lipinski definition) is 0. The molecule has 10 aromatic rings. The Morgan fingerprint density at radius 1 is 0.288 bits per heavy atom. The molecular weight excluding hydrogens is 629 g/mol. The van der Waals surface area contributed by atoms with Crippen molar-refractivity contribution >= 4 is 60.4 Å². The molecule has 0 radical (unpaired) electrons. The molecule has 1 aromatic heterocycles. The fourth-order valence-corrected chi connectivity index (χ4v) is 7.89. The van der Waals surface area contributed by atoms with Crippen LogP contribution in [0.15, 0.2) is 206 Å². The topological polar surface area (TPSA) is 8.17 Å². The van der Waals surface area contributed by atoms with Gasteiger partial charge in [0, 0.05) is 33.5 Å². The maximum absolute atomic E-state index is 2.43. The minimum absolute atomic E-state index is 1.11. The van der Waals surface area contributed by atoms with Crippen molar-refractivity contribution in [2.24, 2.45) is 0 Å². The summed E-state index contributed by atoms with van der Waals surface area (Å²) in [5, 5.41) is 7.71. The van der Waals surface area contributed by atoms with E-state index in [4.69, 9.17) is 0 Å². The van der Waals surface area contributed by atoms with E-state index in [0.29, 0.717) is 0 Å². The summed E-state index contributed by atoms with van der Waals surface area (Å²) in [6.07, 6.45) is 0. The lowest BCUT2D eigenvalue weighted by Crippen LogP contribution is -2.09. The van der Waals surface area contributed by atoms with Gasteiger partial charge >= 0.3 is 0 Å². The molecule has 0 atom stereocenters. The fourth-order valence-electron chi connectivity index (χ4n) is 7.89. The number of benzene rings is 9. The second-order valence-corrected chi connectivity index (χ2v) is 13.4. The second-order valence-electron chi connectivity index (χ2n) is 13.4. The maximum atomic E-state index is 2.43. The Hall–Kier alpha value is -6.90. The first-order valence-electron chi connectivity index (χ1n) is 17.9. The van der Waals surface area contributed by atoms with E-state index in [2.05, 4.69) is 216 Å². The first kappa shape index (κ1) is 30.0. The highest BCUT2D eigenvalue weighted by molar-refractivity contribution is 6.28. The molecule has 0 saturated carbocycles. The summed E-state index contributed by atoms with van der Waals surface area (Å²) < 4.78 is 2.43. The van der Waals surface area contributed by atoms with Crippen molar-refractivity contribution in [3.8, 4) is 27.9 Å². The Balaban J connectivity index is 1.03. The Kier molecular flexibility index (Phi) is 7.18. The van der Waals surface area contributed by atoms with Crippen LogP contribution in [-0.4, -0.2) is 4.57 Å². The molecule has 0 aliphatic heterocycles. The highest BCUT2D eigenvalue weighted by atomic mass is 15.1. The Labute approximate surface area is 303 Å². The SMILES string of the molecule is c1ccc(-c2ccc(N(c3ccccc3)c3ccc(-c4ccc(-n5c6ccc7ccccc7c6c6c7ccccc7ccc65)cc4)cc3)cc2)cc1. The molecule has 0 fully saturated rings. The van der Waals surface area contributed by atoms with Crippen LogP contribution in [0.1, 0.15) is 0 Å². The van der Waals surface area contributed by atoms with E-state index in [1.807, 2.05) is 0 Å². The van der Waals surface area contributed by atoms with Gasteiger partial charge in [0.25, 0.3) is 0 Å². The molecule has 9 aromatic carbocycles. The summed E-state index contributed by atoms with van der Waals surface area (Å²) in [5.74, 6) is 0. The van der Waals surface area contributed by atoms with E-state index in [0.717, 1.165) is 22.7 Å². The third-order valence-electron chi connectivity index (χ3n) is 10.4. The van der Waals surface area contributed by atoms with Crippen LogP contribution in [0.25, 0.3) is 71.3 Å². The highest BCUT2D eigenvalue weighted by Gasteiger charge is 2.18. The first-order chi connectivity index (χ1) is 25.8. The summed E-state index contributed by atoms with van der Waals surface area (Å²) in [7, 11) is 0. The van der Waals surface area contributed by atoms with Gasteiger partial charge in [-0.05, 0) is 104 Å². The Bertz CT molecular complexity index is 2760. The zero-order valence-corrected chi connectivity index (χ0v) is 28.5. The normalized spacial score (nSPS) is 11.5. The summed E-state index contributed by atoms with van der Waals surface area (Å²) >= 11 is 0. The lowest BCUT2D eigenvalue weighted by molar-refractivity contribution is 1.18. The maximum Gasteiger partial charge on any atom is 0.0547 e. The zero-order valence-electron chi connectivity index (χ0n) is 28.5. The molecule has 0 spiro atoms. The standard InChI is InChI=1S/C50H34N2/c1-3-11-35(12-4-1)36-19-27-42(28-20-36)51(41-15-5-2-6-16-41)43-29-21-37(22-30-43)38-23-31-44(32-24-38)52-47-33-25-39-13-7-9-17-45(39)49(47)50-46-18-10-8-14-40(46)26-34-48(50)52/h1-34H. The van der Waals surface area contributed by atoms with E-state index < -0.39 is 0 Å². The van der Waals surface area contributed by atoms with Crippen molar-refractivity contribution in [3.05, 3.63) is 206 Å². The second kappa shape index (κ2) is 12.5. The van der Waals surface area contributed by atoms with Gasteiger partial charge in [-0.1, -0.05) is 146 Å². The van der Waals surface area contributed by atoms with Crippen LogP contribution in [0, 0.1) is 0 Å². The van der Waals surface area contributed by atoms with Gasteiger partial charge in [-0.25, -0.2) is 0 Å². The lowest BCUT2D eigenvalue weighted by atomic mass is 10.00. The number of hydrogen-bond acceptors (Lipinski definition) is 1. The van der Waals surface area contributed by atoms with E-state index in [1.54, 1.807) is 0 Å². The average Bonchev–Trinajstić information content (AvgIpc) is 3.58. The average molecular weight is 663 g/mol. The molecule has 0 amide bonds. The van der Waals surface area contributed by atoms with Crippen LogP contribution < -0.4 is 4.90 Å². The summed E-state index contributed by atoms with van der Waals surface area (Å²) in [5.41, 5.74) is 11.7. The summed E-state index contributed by atoms with van der Waals surface area (Å²) in [6.45, 7) is 0. The van der Waals surface area contributed by atoms with E-state index in [1.165, 1.54) is 65.6 Å². The van der Waals surface area contributed by atoms with Gasteiger partial charge in [0.1, 0.15) is 0 Å². The van der Waals surface area contributed by atoms with Crippen molar-refractivity contribution in [1.29, 1.82) is 0 Å². The van der Waals surface area contributed by atoms with Crippen LogP contribution in [0.3, 0.4) is 0 Å². The van der Waals surface area contributed by atoms with Crippen LogP contribution >= 0.6 is 0 Å². The number of fused-ring (bicyclic) bond motifs is 7. The molecule has 0 aliphatic rings. The third kappa shape index (κ3) is 5.04. The van der Waals surface area contributed by atoms with Gasteiger partial charge in [0.15, 0.2) is 0 Å². The van der Waals surface area contributed by atoms with Crippen molar-refractivity contribution in [2.75, 3.05) is 4.90 Å². The van der Waals surface area contributed by atoms with Gasteiger partial charge < -0.3 is 9.47 Å². The van der Waals surface area contributed by atoms with Crippen molar-refractivity contribution in [3.63, 3.8) is 0 Å². The quantitative estimate of drug-likeness (QED) is 0.172. The molecule has 0 bridgehead atoms. The van der Waals surface area contributed by atoms with Crippen molar-refractivity contribution < 1.29 is 0 Å². The van der Waals surface area contributed by atoms with Crippen molar-refractivity contribution in [2.45, 2.75) is 0 Å². The highest BCUT2D eigenvalue weighted by Crippen LogP contribution is 2.41. The van der Waals surface area contributed by atoms with Crippen LogP contribution in [-0.2, 0) is 0 Å². The Morgan fingerprint density at radius 2 is 0.673 bits per heavy atom. The van der Waals surface area contributed by atoms with Crippen LogP contribution in [0.4, 0.5) is 17.1 Å². The molecule has 52 heavy (non-hydrogen) atoms. The van der Waals surface area contributed by atoms with Crippen molar-refractivity contribution in [1.82, 2.24) is 4.57 Å². The molecule has 0 N–H and O–H groups in total. The number of anilines is 3. The molecule has 244 valence electrons. The molecule has 0 aliphatic carbocycles. The molecule has 0 unspecified atom stereocenters. The molecule has 2 nitrogen and oxygen atoms in total. The van der Waals surface area contributed by atoms with Gasteiger partial charge in [0.05, 0.1) is 11.0 Å². The predicted octanol–water partition coefficient (Wildman–Crippen LogP) is 13.9. The van der Waals surface area contributed by atoms with Gasteiger partial charge in [-0.2, -0.15) is 0 Å². The fraction of sp³-hybridized carbons (Fsp3) is 0. The minimum atomic E-state index is 1.11. The molecule has 2 heteroatoms. The Morgan fingerprint density at radius 3 is 1.17 bits per heavy atom. The zero-order chi connectivity index (χ0) is 34.4. The summed E-state index contributed by atoms with van der Waals surface area (Å²) in [4.78, 5) is 2.32. The third-order valence-corrected chi connectivity index (χ3v) is 10.4. The summed E-state index contributed by atoms with van der Waals surface area (Å²) in [6, 6.07) is 74.5. The van der Waals surface area contributed by atoms with E-state index in [-0.39, 0.29) is 0 Å². The first-order valence-corrected chi connectivity index (χ1v) is 17.9.